The molecular formula is C13H24O2. The van der Waals surface area contributed by atoms with Crippen LogP contribution in [0, 0.1) is 11.8 Å². The first-order valence-electron chi connectivity index (χ1n) is 5.80. The number of methoxy groups -OCH3 is 1. The number of esters is 1. The average Bonchev–Trinajstić information content (AvgIpc) is 2.23. The van der Waals surface area contributed by atoms with Gasteiger partial charge in [0.05, 0.1) is 13.0 Å². The summed E-state index contributed by atoms with van der Waals surface area (Å²) in [6.07, 6.45) is 7.61. The molecule has 0 fully saturated rings. The lowest BCUT2D eigenvalue weighted by Crippen LogP contribution is -2.15. The Balaban J connectivity index is 3.59. The number of unbranched alkanes of at least 4 members (excludes halogenated alkanes) is 2. The Hall–Kier alpha value is -0.790. The molecule has 0 aliphatic heterocycles. The molecular weight excluding hydrogens is 188 g/mol. The van der Waals surface area contributed by atoms with E-state index in [9.17, 15) is 4.79 Å². The minimum atomic E-state index is -0.0899. The van der Waals surface area contributed by atoms with Gasteiger partial charge in [-0.15, -0.1) is 6.58 Å². The third kappa shape index (κ3) is 7.18. The van der Waals surface area contributed by atoms with Crippen molar-refractivity contribution in [2.24, 2.45) is 11.8 Å². The number of carbonyl (C=O) groups is 1. The summed E-state index contributed by atoms with van der Waals surface area (Å²) in [5, 5.41) is 0. The minimum absolute atomic E-state index is 0.0319. The van der Waals surface area contributed by atoms with Gasteiger partial charge in [0.15, 0.2) is 0 Å². The van der Waals surface area contributed by atoms with Gasteiger partial charge < -0.3 is 4.74 Å². The fourth-order valence-electron chi connectivity index (χ4n) is 1.80. The van der Waals surface area contributed by atoms with Gasteiger partial charge in [-0.2, -0.15) is 0 Å². The number of carbonyl (C=O) groups excluding carboxylic acids is 1. The second-order valence-corrected chi connectivity index (χ2v) is 4.34. The van der Waals surface area contributed by atoms with Gasteiger partial charge in [0.2, 0.25) is 0 Å². The maximum absolute atomic E-state index is 11.2. The smallest absolute Gasteiger partial charge is 0.308 e. The second kappa shape index (κ2) is 8.51. The minimum Gasteiger partial charge on any atom is -0.469 e. The summed E-state index contributed by atoms with van der Waals surface area (Å²) in [4.78, 5) is 11.2. The lowest BCUT2D eigenvalue weighted by Gasteiger charge is -2.15. The monoisotopic (exact) mass is 212 g/mol. The third-order valence-electron chi connectivity index (χ3n) is 2.71. The van der Waals surface area contributed by atoms with E-state index in [-0.39, 0.29) is 11.9 Å². The van der Waals surface area contributed by atoms with Crippen LogP contribution >= 0.6 is 0 Å². The molecule has 2 unspecified atom stereocenters. The van der Waals surface area contributed by atoms with Crippen LogP contribution in [0.3, 0.4) is 0 Å². The summed E-state index contributed by atoms with van der Waals surface area (Å²) in [6.45, 7) is 7.84. The average molecular weight is 212 g/mol. The number of hydrogen-bond donors (Lipinski definition) is 0. The Morgan fingerprint density at radius 3 is 2.60 bits per heavy atom. The van der Waals surface area contributed by atoms with Crippen LogP contribution in [0.5, 0.6) is 0 Å². The molecule has 15 heavy (non-hydrogen) atoms. The van der Waals surface area contributed by atoms with Crippen molar-refractivity contribution in [3.63, 3.8) is 0 Å². The predicted molar refractivity (Wildman–Crippen MR) is 63.6 cm³/mol. The number of rotatable bonds is 8. The Bertz CT molecular complexity index is 187. The zero-order chi connectivity index (χ0) is 11.7. The van der Waals surface area contributed by atoms with Crippen LogP contribution in [0.1, 0.15) is 46.0 Å². The summed E-state index contributed by atoms with van der Waals surface area (Å²) in [5.41, 5.74) is 0. The topological polar surface area (TPSA) is 26.3 Å². The van der Waals surface area contributed by atoms with Crippen LogP contribution in [0.25, 0.3) is 0 Å². The van der Waals surface area contributed by atoms with Crippen LogP contribution < -0.4 is 0 Å². The van der Waals surface area contributed by atoms with E-state index in [1.807, 2.05) is 13.0 Å². The molecule has 0 amide bonds. The highest BCUT2D eigenvalue weighted by atomic mass is 16.5. The van der Waals surface area contributed by atoms with E-state index in [0.29, 0.717) is 5.92 Å². The van der Waals surface area contributed by atoms with Crippen molar-refractivity contribution in [1.29, 1.82) is 0 Å². The van der Waals surface area contributed by atoms with Gasteiger partial charge in [0.25, 0.3) is 0 Å². The molecule has 88 valence electrons. The highest BCUT2D eigenvalue weighted by Crippen LogP contribution is 2.19. The molecule has 2 heteroatoms. The fourth-order valence-corrected chi connectivity index (χ4v) is 1.80. The van der Waals surface area contributed by atoms with E-state index in [2.05, 4.69) is 13.5 Å². The Labute approximate surface area is 93.7 Å². The highest BCUT2D eigenvalue weighted by Gasteiger charge is 2.16. The van der Waals surface area contributed by atoms with Crippen molar-refractivity contribution >= 4 is 5.97 Å². The zero-order valence-electron chi connectivity index (χ0n) is 10.3. The summed E-state index contributed by atoms with van der Waals surface area (Å²) in [6, 6.07) is 0. The summed E-state index contributed by atoms with van der Waals surface area (Å²) < 4.78 is 4.70. The molecule has 0 aliphatic carbocycles. The molecule has 2 atom stereocenters. The quantitative estimate of drug-likeness (QED) is 0.349. The number of ether oxygens (including phenoxy) is 1. The van der Waals surface area contributed by atoms with Crippen molar-refractivity contribution in [3.8, 4) is 0 Å². The highest BCUT2D eigenvalue weighted by molar-refractivity contribution is 5.71. The largest absolute Gasteiger partial charge is 0.469 e. The van der Waals surface area contributed by atoms with Crippen LogP contribution in [0.15, 0.2) is 12.7 Å². The van der Waals surface area contributed by atoms with E-state index in [4.69, 9.17) is 4.74 Å². The first-order chi connectivity index (χ1) is 7.11. The molecule has 0 aromatic heterocycles. The van der Waals surface area contributed by atoms with E-state index in [1.165, 1.54) is 26.4 Å². The predicted octanol–water partition coefficient (Wildman–Crippen LogP) is 3.57. The normalized spacial score (nSPS) is 14.3. The van der Waals surface area contributed by atoms with E-state index >= 15 is 0 Å². The van der Waals surface area contributed by atoms with Crippen molar-refractivity contribution in [2.75, 3.05) is 7.11 Å². The van der Waals surface area contributed by atoms with Gasteiger partial charge >= 0.3 is 5.97 Å². The maximum atomic E-state index is 11.2. The maximum Gasteiger partial charge on any atom is 0.308 e. The van der Waals surface area contributed by atoms with E-state index < -0.39 is 0 Å². The molecule has 0 radical (unpaired) electrons. The standard InChI is InChI=1S/C13H24O2/c1-5-6-7-8-9-11(2)10-12(3)13(14)15-4/h5,11-12H,1,6-10H2,2-4H3. The SMILES string of the molecule is C=CCCCCC(C)CC(C)C(=O)OC. The van der Waals surface area contributed by atoms with Crippen molar-refractivity contribution < 1.29 is 9.53 Å². The van der Waals surface area contributed by atoms with Crippen LogP contribution in [-0.2, 0) is 9.53 Å². The van der Waals surface area contributed by atoms with Gasteiger partial charge in [0.1, 0.15) is 0 Å². The molecule has 2 nitrogen and oxygen atoms in total. The Morgan fingerprint density at radius 1 is 1.40 bits per heavy atom. The fraction of sp³-hybridized carbons (Fsp3) is 0.769. The molecule has 0 aliphatic rings. The van der Waals surface area contributed by atoms with Crippen LogP contribution in [-0.4, -0.2) is 13.1 Å². The lowest BCUT2D eigenvalue weighted by atomic mass is 9.93. The number of allylic oxidation sites excluding steroid dienone is 1. The second-order valence-electron chi connectivity index (χ2n) is 4.34. The van der Waals surface area contributed by atoms with Gasteiger partial charge in [0, 0.05) is 0 Å². The molecule has 0 heterocycles. The molecule has 0 spiro atoms. The molecule has 0 N–H and O–H groups in total. The van der Waals surface area contributed by atoms with Crippen molar-refractivity contribution in [2.45, 2.75) is 46.0 Å². The molecule has 0 aromatic carbocycles. The Morgan fingerprint density at radius 2 is 2.07 bits per heavy atom. The van der Waals surface area contributed by atoms with E-state index in [1.54, 1.807) is 0 Å². The first-order valence-corrected chi connectivity index (χ1v) is 5.80. The zero-order valence-corrected chi connectivity index (χ0v) is 10.3. The molecule has 0 aromatic rings. The Kier molecular flexibility index (Phi) is 8.06. The molecule has 0 bridgehead atoms. The lowest BCUT2D eigenvalue weighted by molar-refractivity contribution is -0.145. The van der Waals surface area contributed by atoms with Crippen LogP contribution in [0.4, 0.5) is 0 Å². The third-order valence-corrected chi connectivity index (χ3v) is 2.71. The number of hydrogen-bond acceptors (Lipinski definition) is 2. The van der Waals surface area contributed by atoms with Gasteiger partial charge in [-0.3, -0.25) is 4.79 Å². The van der Waals surface area contributed by atoms with Crippen molar-refractivity contribution in [3.05, 3.63) is 12.7 Å². The molecule has 0 saturated heterocycles. The summed E-state index contributed by atoms with van der Waals surface area (Å²) >= 11 is 0. The van der Waals surface area contributed by atoms with E-state index in [0.717, 1.165) is 12.8 Å². The van der Waals surface area contributed by atoms with Crippen LogP contribution in [0.2, 0.25) is 0 Å². The molecule has 0 rings (SSSR count). The van der Waals surface area contributed by atoms with Gasteiger partial charge in [-0.05, 0) is 25.2 Å². The summed E-state index contributed by atoms with van der Waals surface area (Å²) in [5.74, 6) is 0.543. The van der Waals surface area contributed by atoms with Gasteiger partial charge in [-0.1, -0.05) is 32.8 Å². The first kappa shape index (κ1) is 14.2. The van der Waals surface area contributed by atoms with Gasteiger partial charge in [-0.25, -0.2) is 0 Å². The molecule has 0 saturated carbocycles. The summed E-state index contributed by atoms with van der Waals surface area (Å²) in [7, 11) is 1.45. The van der Waals surface area contributed by atoms with Crippen molar-refractivity contribution in [1.82, 2.24) is 0 Å².